The lowest BCUT2D eigenvalue weighted by Gasteiger charge is -1.99. The fraction of sp³-hybridized carbons (Fsp3) is 0. The Balaban J connectivity index is 0.000000129. The lowest BCUT2D eigenvalue weighted by atomic mass is 10.2. The van der Waals surface area contributed by atoms with Gasteiger partial charge in [0.15, 0.2) is 0 Å². The van der Waals surface area contributed by atoms with E-state index in [9.17, 15) is 0 Å². The number of hydrogen-bond acceptors (Lipinski definition) is 5. The fourth-order valence-electron chi connectivity index (χ4n) is 2.50. The third-order valence-electron chi connectivity index (χ3n) is 3.62. The Morgan fingerprint density at radius 1 is 0.542 bits per heavy atom. The van der Waals surface area contributed by atoms with Crippen LogP contribution in [0.25, 0.3) is 32.8 Å². The first-order valence-corrected chi connectivity index (χ1v) is 7.51. The molecule has 3 aromatic heterocycles. The van der Waals surface area contributed by atoms with E-state index >= 15 is 0 Å². The molecule has 0 saturated heterocycles. The summed E-state index contributed by atoms with van der Waals surface area (Å²) in [6.07, 6.45) is 8.45. The van der Waals surface area contributed by atoms with E-state index in [1.165, 1.54) is 11.7 Å². The average molecular weight is 311 g/mol. The highest BCUT2D eigenvalue weighted by atomic mass is 14.8. The van der Waals surface area contributed by atoms with E-state index in [1.54, 1.807) is 18.6 Å². The Morgan fingerprint density at radius 3 is 2.33 bits per heavy atom. The van der Waals surface area contributed by atoms with Crippen molar-refractivity contribution in [1.82, 2.24) is 24.9 Å². The van der Waals surface area contributed by atoms with Crippen molar-refractivity contribution < 1.29 is 0 Å². The predicted octanol–water partition coefficient (Wildman–Crippen LogP) is 3.81. The Hall–Kier alpha value is -3.47. The number of nitrogens with zero attached hydrogens (tertiary/aromatic N) is 5. The SMILES string of the molecule is c1ccc2ncccc2c1.c1cnc2c(ccc3cncnc32)n1. The summed E-state index contributed by atoms with van der Waals surface area (Å²) >= 11 is 0. The van der Waals surface area contributed by atoms with E-state index in [1.807, 2.05) is 42.6 Å². The van der Waals surface area contributed by atoms with Gasteiger partial charge in [0, 0.05) is 35.6 Å². The zero-order valence-electron chi connectivity index (χ0n) is 12.7. The zero-order valence-corrected chi connectivity index (χ0v) is 12.7. The van der Waals surface area contributed by atoms with Gasteiger partial charge in [0.05, 0.1) is 11.0 Å². The molecule has 114 valence electrons. The summed E-state index contributed by atoms with van der Waals surface area (Å²) in [6.45, 7) is 0. The van der Waals surface area contributed by atoms with Crippen LogP contribution in [0.3, 0.4) is 0 Å². The lowest BCUT2D eigenvalue weighted by Crippen LogP contribution is -1.87. The molecule has 0 amide bonds. The number of aromatic nitrogens is 5. The quantitative estimate of drug-likeness (QED) is 0.407. The summed E-state index contributed by atoms with van der Waals surface area (Å²) in [5.41, 5.74) is 3.60. The van der Waals surface area contributed by atoms with E-state index in [-0.39, 0.29) is 0 Å². The Kier molecular flexibility index (Phi) is 3.73. The van der Waals surface area contributed by atoms with Crippen LogP contribution in [0, 0.1) is 0 Å². The fourth-order valence-corrected chi connectivity index (χ4v) is 2.50. The first-order valence-electron chi connectivity index (χ1n) is 7.51. The minimum absolute atomic E-state index is 0.826. The van der Waals surface area contributed by atoms with Crippen LogP contribution in [-0.2, 0) is 0 Å². The molecule has 0 atom stereocenters. The second-order valence-corrected chi connectivity index (χ2v) is 5.15. The highest BCUT2D eigenvalue weighted by Gasteiger charge is 2.01. The van der Waals surface area contributed by atoms with Gasteiger partial charge in [0.25, 0.3) is 0 Å². The van der Waals surface area contributed by atoms with Crippen LogP contribution in [0.4, 0.5) is 0 Å². The molecule has 0 fully saturated rings. The molecular weight excluding hydrogens is 298 g/mol. The van der Waals surface area contributed by atoms with Crippen molar-refractivity contribution in [2.45, 2.75) is 0 Å². The molecule has 5 aromatic rings. The van der Waals surface area contributed by atoms with Crippen LogP contribution in [0.2, 0.25) is 0 Å². The number of benzene rings is 2. The summed E-state index contributed by atoms with van der Waals surface area (Å²) in [4.78, 5) is 20.8. The molecule has 3 heterocycles. The molecule has 0 saturated carbocycles. The highest BCUT2D eigenvalue weighted by molar-refractivity contribution is 6.00. The van der Waals surface area contributed by atoms with Crippen LogP contribution >= 0.6 is 0 Å². The maximum absolute atomic E-state index is 4.26. The van der Waals surface area contributed by atoms with Gasteiger partial charge in [-0.3, -0.25) is 15.0 Å². The van der Waals surface area contributed by atoms with Crippen molar-refractivity contribution in [1.29, 1.82) is 0 Å². The minimum atomic E-state index is 0.826. The molecule has 0 spiro atoms. The summed E-state index contributed by atoms with van der Waals surface area (Å²) in [7, 11) is 0. The average Bonchev–Trinajstić information content (AvgIpc) is 2.68. The van der Waals surface area contributed by atoms with Gasteiger partial charge in [-0.05, 0) is 24.3 Å². The molecule has 0 unspecified atom stereocenters. The predicted molar refractivity (Wildman–Crippen MR) is 94.4 cm³/mol. The van der Waals surface area contributed by atoms with Crippen molar-refractivity contribution >= 4 is 32.8 Å². The standard InChI is InChI=1S/C10H6N4.C9H7N/c1-2-8-10(13-4-3-12-8)9-7(1)5-11-6-14-9;1-2-6-9-8(4-1)5-3-7-10-9/h1-6H;1-7H. The van der Waals surface area contributed by atoms with Crippen LogP contribution in [0.15, 0.2) is 79.6 Å². The maximum atomic E-state index is 4.26. The molecule has 5 rings (SSSR count). The van der Waals surface area contributed by atoms with Gasteiger partial charge in [-0.1, -0.05) is 24.3 Å². The normalized spacial score (nSPS) is 10.5. The molecule has 0 aliphatic heterocycles. The summed E-state index contributed by atoms with van der Waals surface area (Å²) < 4.78 is 0. The summed E-state index contributed by atoms with van der Waals surface area (Å²) in [6, 6.07) is 16.0. The molecule has 5 heteroatoms. The number of rotatable bonds is 0. The van der Waals surface area contributed by atoms with Crippen molar-refractivity contribution in [2.24, 2.45) is 0 Å². The first-order chi connectivity index (χ1) is 11.9. The Labute approximate surface area is 138 Å². The third-order valence-corrected chi connectivity index (χ3v) is 3.62. The molecule has 24 heavy (non-hydrogen) atoms. The first kappa shape index (κ1) is 14.1. The van der Waals surface area contributed by atoms with E-state index in [0.29, 0.717) is 0 Å². The van der Waals surface area contributed by atoms with Crippen molar-refractivity contribution in [3.63, 3.8) is 0 Å². The van der Waals surface area contributed by atoms with E-state index in [4.69, 9.17) is 0 Å². The molecule has 0 aliphatic carbocycles. The third kappa shape index (κ3) is 2.75. The number of fused-ring (bicyclic) bond motifs is 4. The largest absolute Gasteiger partial charge is 0.256 e. The van der Waals surface area contributed by atoms with Crippen molar-refractivity contribution in [3.8, 4) is 0 Å². The van der Waals surface area contributed by atoms with Crippen LogP contribution in [0.5, 0.6) is 0 Å². The van der Waals surface area contributed by atoms with Crippen molar-refractivity contribution in [3.05, 3.63) is 79.6 Å². The zero-order chi connectivity index (χ0) is 16.2. The monoisotopic (exact) mass is 311 g/mol. The van der Waals surface area contributed by atoms with Gasteiger partial charge in [-0.25, -0.2) is 9.97 Å². The number of para-hydroxylation sites is 1. The van der Waals surface area contributed by atoms with E-state index in [2.05, 4.69) is 37.1 Å². The topological polar surface area (TPSA) is 64.5 Å². The van der Waals surface area contributed by atoms with Crippen LogP contribution in [0.1, 0.15) is 0 Å². The van der Waals surface area contributed by atoms with Gasteiger partial charge in [-0.15, -0.1) is 0 Å². The van der Waals surface area contributed by atoms with Crippen LogP contribution < -0.4 is 0 Å². The molecule has 0 bridgehead atoms. The molecule has 0 aliphatic rings. The molecular formula is C19H13N5. The second-order valence-electron chi connectivity index (χ2n) is 5.15. The Bertz CT molecular complexity index is 1000. The van der Waals surface area contributed by atoms with E-state index in [0.717, 1.165) is 27.5 Å². The lowest BCUT2D eigenvalue weighted by molar-refractivity contribution is 1.21. The second kappa shape index (κ2) is 6.34. The molecule has 2 aromatic carbocycles. The number of pyridine rings is 1. The minimum Gasteiger partial charge on any atom is -0.256 e. The Morgan fingerprint density at radius 2 is 1.38 bits per heavy atom. The van der Waals surface area contributed by atoms with E-state index < -0.39 is 0 Å². The molecule has 0 radical (unpaired) electrons. The summed E-state index contributed by atoms with van der Waals surface area (Å²) in [5, 5.41) is 2.19. The summed E-state index contributed by atoms with van der Waals surface area (Å²) in [5.74, 6) is 0. The van der Waals surface area contributed by atoms with Gasteiger partial charge in [0.1, 0.15) is 17.4 Å². The van der Waals surface area contributed by atoms with Gasteiger partial charge in [-0.2, -0.15) is 0 Å². The van der Waals surface area contributed by atoms with Gasteiger partial charge < -0.3 is 0 Å². The van der Waals surface area contributed by atoms with Gasteiger partial charge in [0.2, 0.25) is 0 Å². The van der Waals surface area contributed by atoms with Gasteiger partial charge >= 0.3 is 0 Å². The maximum Gasteiger partial charge on any atom is 0.116 e. The molecule has 0 N–H and O–H groups in total. The van der Waals surface area contributed by atoms with Crippen LogP contribution in [-0.4, -0.2) is 24.9 Å². The highest BCUT2D eigenvalue weighted by Crippen LogP contribution is 2.18. The molecule has 5 nitrogen and oxygen atoms in total. The van der Waals surface area contributed by atoms with Crippen molar-refractivity contribution in [2.75, 3.05) is 0 Å². The number of hydrogen-bond donors (Lipinski definition) is 0. The smallest absolute Gasteiger partial charge is 0.116 e.